The van der Waals surface area contributed by atoms with E-state index in [2.05, 4.69) is 20.9 Å². The third-order valence-corrected chi connectivity index (χ3v) is 3.11. The summed E-state index contributed by atoms with van der Waals surface area (Å²) in [5.74, 6) is 0.856. The molecule has 0 saturated carbocycles. The van der Waals surface area contributed by atoms with Crippen molar-refractivity contribution in [2.45, 2.75) is 6.92 Å². The lowest BCUT2D eigenvalue weighted by molar-refractivity contribution is 0.415. The Morgan fingerprint density at radius 2 is 1.83 bits per heavy atom. The molecule has 0 N–H and O–H groups in total. The summed E-state index contributed by atoms with van der Waals surface area (Å²) in [5, 5.41) is 0. The van der Waals surface area contributed by atoms with Crippen molar-refractivity contribution < 1.29 is 4.74 Å². The number of benzene rings is 2. The highest BCUT2D eigenvalue weighted by Crippen LogP contribution is 2.20. The van der Waals surface area contributed by atoms with Crippen molar-refractivity contribution in [3.05, 3.63) is 58.6 Å². The highest BCUT2D eigenvalue weighted by atomic mass is 79.9. The van der Waals surface area contributed by atoms with Crippen molar-refractivity contribution in [3.63, 3.8) is 0 Å². The second kappa shape index (κ2) is 5.83. The summed E-state index contributed by atoms with van der Waals surface area (Å²) >= 11 is 3.44. The lowest BCUT2D eigenvalue weighted by atomic mass is 10.1. The van der Waals surface area contributed by atoms with Gasteiger partial charge in [0, 0.05) is 10.2 Å². The summed E-state index contributed by atoms with van der Waals surface area (Å²) in [6.45, 7) is 2.00. The maximum absolute atomic E-state index is 5.14. The van der Waals surface area contributed by atoms with Crippen molar-refractivity contribution in [1.82, 2.24) is 0 Å². The van der Waals surface area contributed by atoms with Gasteiger partial charge in [0.25, 0.3) is 0 Å². The Hall–Kier alpha value is -1.61. The van der Waals surface area contributed by atoms with E-state index in [1.165, 1.54) is 0 Å². The van der Waals surface area contributed by atoms with Gasteiger partial charge in [-0.2, -0.15) is 0 Å². The molecule has 2 aromatic carbocycles. The Balaban J connectivity index is 2.26. The quantitative estimate of drug-likeness (QED) is 0.760. The smallest absolute Gasteiger partial charge is 0.118 e. The summed E-state index contributed by atoms with van der Waals surface area (Å²) in [4.78, 5) is 4.59. The minimum absolute atomic E-state index is 0.856. The van der Waals surface area contributed by atoms with Gasteiger partial charge < -0.3 is 4.74 Å². The number of hydrogen-bond donors (Lipinski definition) is 0. The van der Waals surface area contributed by atoms with Crippen molar-refractivity contribution in [1.29, 1.82) is 0 Å². The lowest BCUT2D eigenvalue weighted by Crippen LogP contribution is -1.94. The van der Waals surface area contributed by atoms with E-state index in [0.29, 0.717) is 0 Å². The molecule has 0 aliphatic heterocycles. The molecule has 0 bridgehead atoms. The molecule has 0 saturated heterocycles. The monoisotopic (exact) mass is 303 g/mol. The SMILES string of the molecule is COc1ccc(/C(C)=N/c2cccc(Br)c2)cc1. The summed E-state index contributed by atoms with van der Waals surface area (Å²) in [7, 11) is 1.66. The number of nitrogens with zero attached hydrogens (tertiary/aromatic N) is 1. The van der Waals surface area contributed by atoms with Crippen LogP contribution in [0.1, 0.15) is 12.5 Å². The highest BCUT2D eigenvalue weighted by molar-refractivity contribution is 9.10. The van der Waals surface area contributed by atoms with Crippen LogP contribution in [-0.4, -0.2) is 12.8 Å². The standard InChI is InChI=1S/C15H14BrNO/c1-11(12-6-8-15(18-2)9-7-12)17-14-5-3-4-13(16)10-14/h3-10H,1-2H3/b17-11+. The van der Waals surface area contributed by atoms with Crippen molar-refractivity contribution in [2.75, 3.05) is 7.11 Å². The minimum Gasteiger partial charge on any atom is -0.497 e. The fourth-order valence-electron chi connectivity index (χ4n) is 1.64. The molecule has 2 aromatic rings. The molecule has 2 rings (SSSR count). The maximum Gasteiger partial charge on any atom is 0.118 e. The van der Waals surface area contributed by atoms with Gasteiger partial charge in [-0.05, 0) is 55.0 Å². The summed E-state index contributed by atoms with van der Waals surface area (Å²) in [6.07, 6.45) is 0. The molecule has 92 valence electrons. The molecule has 0 aromatic heterocycles. The number of methoxy groups -OCH3 is 1. The van der Waals surface area contributed by atoms with Crippen LogP contribution >= 0.6 is 15.9 Å². The first-order chi connectivity index (χ1) is 8.69. The number of aliphatic imine (C=N–C) groups is 1. The average Bonchev–Trinajstić information content (AvgIpc) is 2.39. The first kappa shape index (κ1) is 12.8. The molecule has 2 nitrogen and oxygen atoms in total. The number of hydrogen-bond acceptors (Lipinski definition) is 2. The van der Waals surface area contributed by atoms with E-state index in [1.807, 2.05) is 55.5 Å². The number of halogens is 1. The zero-order chi connectivity index (χ0) is 13.0. The van der Waals surface area contributed by atoms with E-state index in [0.717, 1.165) is 27.2 Å². The van der Waals surface area contributed by atoms with Crippen LogP contribution in [-0.2, 0) is 0 Å². The van der Waals surface area contributed by atoms with Crippen molar-refractivity contribution in [2.24, 2.45) is 4.99 Å². The van der Waals surface area contributed by atoms with Crippen molar-refractivity contribution >= 4 is 27.3 Å². The fraction of sp³-hybridized carbons (Fsp3) is 0.133. The van der Waals surface area contributed by atoms with Crippen LogP contribution in [0.3, 0.4) is 0 Å². The summed E-state index contributed by atoms with van der Waals surface area (Å²) in [5.41, 5.74) is 3.02. The van der Waals surface area contributed by atoms with Gasteiger partial charge in [0.05, 0.1) is 12.8 Å². The van der Waals surface area contributed by atoms with Crippen LogP contribution in [0.2, 0.25) is 0 Å². The molecule has 0 amide bonds. The van der Waals surface area contributed by atoms with Gasteiger partial charge in [0.1, 0.15) is 5.75 Å². The molecular formula is C15H14BrNO. The van der Waals surface area contributed by atoms with E-state index >= 15 is 0 Å². The van der Waals surface area contributed by atoms with Gasteiger partial charge in [-0.3, -0.25) is 4.99 Å². The fourth-order valence-corrected chi connectivity index (χ4v) is 2.02. The van der Waals surface area contributed by atoms with Gasteiger partial charge in [0.15, 0.2) is 0 Å². The Bertz CT molecular complexity index is 561. The van der Waals surface area contributed by atoms with Crippen LogP contribution < -0.4 is 4.74 Å². The van der Waals surface area contributed by atoms with Gasteiger partial charge in [0.2, 0.25) is 0 Å². The lowest BCUT2D eigenvalue weighted by Gasteiger charge is -2.03. The summed E-state index contributed by atoms with van der Waals surface area (Å²) < 4.78 is 6.17. The maximum atomic E-state index is 5.14. The number of rotatable bonds is 3. The average molecular weight is 304 g/mol. The van der Waals surface area contributed by atoms with Crippen molar-refractivity contribution in [3.8, 4) is 5.75 Å². The molecule has 0 radical (unpaired) electrons. The van der Waals surface area contributed by atoms with Crippen LogP contribution in [0.25, 0.3) is 0 Å². The zero-order valence-corrected chi connectivity index (χ0v) is 11.9. The Kier molecular flexibility index (Phi) is 4.15. The van der Waals surface area contributed by atoms with E-state index in [1.54, 1.807) is 7.11 Å². The zero-order valence-electron chi connectivity index (χ0n) is 10.4. The molecule has 0 atom stereocenters. The molecule has 0 fully saturated rings. The van der Waals surface area contributed by atoms with Crippen LogP contribution in [0.5, 0.6) is 5.75 Å². The molecule has 3 heteroatoms. The van der Waals surface area contributed by atoms with E-state index in [4.69, 9.17) is 4.74 Å². The molecule has 18 heavy (non-hydrogen) atoms. The van der Waals surface area contributed by atoms with E-state index in [-0.39, 0.29) is 0 Å². The van der Waals surface area contributed by atoms with Gasteiger partial charge in [-0.25, -0.2) is 0 Å². The highest BCUT2D eigenvalue weighted by Gasteiger charge is 1.99. The Morgan fingerprint density at radius 1 is 1.11 bits per heavy atom. The number of ether oxygens (including phenoxy) is 1. The first-order valence-electron chi connectivity index (χ1n) is 5.64. The van der Waals surface area contributed by atoms with E-state index in [9.17, 15) is 0 Å². The van der Waals surface area contributed by atoms with Gasteiger partial charge >= 0.3 is 0 Å². The van der Waals surface area contributed by atoms with E-state index < -0.39 is 0 Å². The molecule has 0 spiro atoms. The summed E-state index contributed by atoms with van der Waals surface area (Å²) in [6, 6.07) is 15.8. The Morgan fingerprint density at radius 3 is 2.44 bits per heavy atom. The van der Waals surface area contributed by atoms with Crippen LogP contribution in [0.4, 0.5) is 5.69 Å². The molecular weight excluding hydrogens is 290 g/mol. The first-order valence-corrected chi connectivity index (χ1v) is 6.43. The van der Waals surface area contributed by atoms with Gasteiger partial charge in [-0.15, -0.1) is 0 Å². The molecule has 0 aliphatic carbocycles. The van der Waals surface area contributed by atoms with Crippen LogP contribution in [0.15, 0.2) is 58.0 Å². The molecule has 0 aliphatic rings. The largest absolute Gasteiger partial charge is 0.497 e. The molecule has 0 heterocycles. The van der Waals surface area contributed by atoms with Gasteiger partial charge in [-0.1, -0.05) is 22.0 Å². The topological polar surface area (TPSA) is 21.6 Å². The third-order valence-electron chi connectivity index (χ3n) is 2.61. The normalized spacial score (nSPS) is 11.4. The predicted octanol–water partition coefficient (Wildman–Crippen LogP) is 4.60. The Labute approximate surface area is 115 Å². The molecule has 0 unspecified atom stereocenters. The second-order valence-electron chi connectivity index (χ2n) is 3.91. The predicted molar refractivity (Wildman–Crippen MR) is 79.0 cm³/mol. The second-order valence-corrected chi connectivity index (χ2v) is 4.82. The third kappa shape index (κ3) is 3.20. The van der Waals surface area contributed by atoms with Crippen LogP contribution in [0, 0.1) is 0 Å². The minimum atomic E-state index is 0.856.